The first kappa shape index (κ1) is 13.8. The molecule has 1 aliphatic rings. The first-order chi connectivity index (χ1) is 9.11. The molecule has 1 amide bonds. The van der Waals surface area contributed by atoms with Crippen molar-refractivity contribution in [3.8, 4) is 0 Å². The Balaban J connectivity index is 2.07. The van der Waals surface area contributed by atoms with Crippen LogP contribution < -0.4 is 10.6 Å². The molecule has 1 fully saturated rings. The number of amides is 1. The number of nitrogens with zero attached hydrogens (tertiary/aromatic N) is 2. The quantitative estimate of drug-likeness (QED) is 0.856. The van der Waals surface area contributed by atoms with E-state index in [1.54, 1.807) is 6.20 Å². The van der Waals surface area contributed by atoms with Gasteiger partial charge in [0, 0.05) is 13.1 Å². The maximum Gasteiger partial charge on any atom is 0.222 e. The smallest absolute Gasteiger partial charge is 0.222 e. The molecule has 0 radical (unpaired) electrons. The summed E-state index contributed by atoms with van der Waals surface area (Å²) >= 11 is 0. The number of aromatic nitrogens is 1. The average molecular weight is 263 g/mol. The van der Waals surface area contributed by atoms with Gasteiger partial charge in [-0.2, -0.15) is 0 Å². The number of hydrogen-bond acceptors (Lipinski definition) is 4. The fourth-order valence-electron chi connectivity index (χ4n) is 2.43. The van der Waals surface area contributed by atoms with Gasteiger partial charge in [0.1, 0.15) is 0 Å². The van der Waals surface area contributed by atoms with E-state index in [9.17, 15) is 9.90 Å². The van der Waals surface area contributed by atoms with E-state index in [0.29, 0.717) is 18.7 Å². The fraction of sp³-hybridized carbons (Fsp3) is 0.571. The van der Waals surface area contributed by atoms with Crippen LogP contribution in [0.25, 0.3) is 0 Å². The molecule has 2 heterocycles. The fourth-order valence-corrected chi connectivity index (χ4v) is 2.43. The van der Waals surface area contributed by atoms with Gasteiger partial charge in [0.25, 0.3) is 0 Å². The van der Waals surface area contributed by atoms with E-state index in [0.717, 1.165) is 25.1 Å². The van der Waals surface area contributed by atoms with Crippen LogP contribution in [0.3, 0.4) is 0 Å². The van der Waals surface area contributed by atoms with Gasteiger partial charge in [-0.3, -0.25) is 9.78 Å². The standard InChI is InChI=1S/C14H21N3O2/c1-2-13(18)12-6-5-11(8-16-12)17-7-3-4-10(9-17)14(15)19/h5-6,8,10,13,18H,2-4,7,9H2,1H3,(H2,15,19). The molecule has 0 spiro atoms. The minimum atomic E-state index is -0.506. The first-order valence-electron chi connectivity index (χ1n) is 6.80. The molecule has 0 bridgehead atoms. The number of hydrogen-bond donors (Lipinski definition) is 2. The van der Waals surface area contributed by atoms with E-state index in [-0.39, 0.29) is 11.8 Å². The molecule has 19 heavy (non-hydrogen) atoms. The number of pyridine rings is 1. The molecule has 2 rings (SSSR count). The molecule has 2 atom stereocenters. The van der Waals surface area contributed by atoms with Crippen molar-refractivity contribution in [2.75, 3.05) is 18.0 Å². The third kappa shape index (κ3) is 3.23. The largest absolute Gasteiger partial charge is 0.387 e. The lowest BCUT2D eigenvalue weighted by Crippen LogP contribution is -2.41. The van der Waals surface area contributed by atoms with Crippen molar-refractivity contribution in [3.63, 3.8) is 0 Å². The molecule has 104 valence electrons. The summed E-state index contributed by atoms with van der Waals surface area (Å²) in [5.74, 6) is -0.301. The van der Waals surface area contributed by atoms with Gasteiger partial charge in [0.2, 0.25) is 5.91 Å². The van der Waals surface area contributed by atoms with E-state index in [1.165, 1.54) is 0 Å². The van der Waals surface area contributed by atoms with Crippen LogP contribution in [-0.2, 0) is 4.79 Å². The van der Waals surface area contributed by atoms with Gasteiger partial charge in [0.05, 0.1) is 29.6 Å². The zero-order valence-electron chi connectivity index (χ0n) is 11.2. The average Bonchev–Trinajstić information content (AvgIpc) is 2.46. The third-order valence-electron chi connectivity index (χ3n) is 3.69. The molecule has 5 nitrogen and oxygen atoms in total. The molecule has 0 saturated carbocycles. The number of aliphatic hydroxyl groups is 1. The molecule has 1 aromatic heterocycles. The maximum atomic E-state index is 11.3. The Bertz CT molecular complexity index is 433. The predicted octanol–water partition coefficient (Wildman–Crippen LogP) is 1.23. The molecule has 1 saturated heterocycles. The van der Waals surface area contributed by atoms with E-state index in [2.05, 4.69) is 9.88 Å². The molecule has 1 aromatic rings. The molecule has 0 aromatic carbocycles. The van der Waals surface area contributed by atoms with Gasteiger partial charge in [-0.25, -0.2) is 0 Å². The summed E-state index contributed by atoms with van der Waals surface area (Å²) in [5, 5.41) is 9.71. The SMILES string of the molecule is CCC(O)c1ccc(N2CCCC(C(N)=O)C2)cn1. The first-order valence-corrected chi connectivity index (χ1v) is 6.80. The minimum absolute atomic E-state index is 0.0744. The van der Waals surface area contributed by atoms with Crippen LogP contribution in [0.1, 0.15) is 38.0 Å². The highest BCUT2D eigenvalue weighted by Gasteiger charge is 2.24. The van der Waals surface area contributed by atoms with Crippen molar-refractivity contribution in [3.05, 3.63) is 24.0 Å². The van der Waals surface area contributed by atoms with E-state index >= 15 is 0 Å². The molecular weight excluding hydrogens is 242 g/mol. The number of nitrogens with two attached hydrogens (primary N) is 1. The van der Waals surface area contributed by atoms with E-state index in [1.807, 2.05) is 19.1 Å². The second kappa shape index (κ2) is 6.02. The van der Waals surface area contributed by atoms with Gasteiger partial charge in [-0.05, 0) is 31.4 Å². The predicted molar refractivity (Wildman–Crippen MR) is 73.6 cm³/mol. The zero-order chi connectivity index (χ0) is 13.8. The van der Waals surface area contributed by atoms with Crippen LogP contribution in [0.4, 0.5) is 5.69 Å². The molecule has 0 aliphatic carbocycles. The van der Waals surface area contributed by atoms with Crippen molar-refractivity contribution in [1.29, 1.82) is 0 Å². The highest BCUT2D eigenvalue weighted by Crippen LogP contribution is 2.24. The number of carbonyl (C=O) groups is 1. The Hall–Kier alpha value is -1.62. The van der Waals surface area contributed by atoms with Crippen LogP contribution in [0.15, 0.2) is 18.3 Å². The summed E-state index contributed by atoms with van der Waals surface area (Å²) < 4.78 is 0. The summed E-state index contributed by atoms with van der Waals surface area (Å²) in [4.78, 5) is 17.7. The lowest BCUT2D eigenvalue weighted by atomic mass is 9.97. The van der Waals surface area contributed by atoms with Crippen LogP contribution in [0, 0.1) is 5.92 Å². The van der Waals surface area contributed by atoms with Crippen LogP contribution >= 0.6 is 0 Å². The Labute approximate surface area is 113 Å². The summed E-state index contributed by atoms with van der Waals surface area (Å²) in [6.45, 7) is 3.50. The highest BCUT2D eigenvalue weighted by molar-refractivity contribution is 5.77. The maximum absolute atomic E-state index is 11.3. The molecule has 3 N–H and O–H groups in total. The summed E-state index contributed by atoms with van der Waals surface area (Å²) in [6, 6.07) is 3.79. The topological polar surface area (TPSA) is 79.5 Å². The Kier molecular flexibility index (Phi) is 4.37. The van der Waals surface area contributed by atoms with Gasteiger partial charge in [-0.1, -0.05) is 6.92 Å². The Morgan fingerprint density at radius 1 is 1.63 bits per heavy atom. The second-order valence-corrected chi connectivity index (χ2v) is 5.05. The van der Waals surface area contributed by atoms with Crippen LogP contribution in [0.5, 0.6) is 0 Å². The molecule has 5 heteroatoms. The number of piperidine rings is 1. The van der Waals surface area contributed by atoms with Crippen molar-refractivity contribution >= 4 is 11.6 Å². The lowest BCUT2D eigenvalue weighted by Gasteiger charge is -2.32. The summed E-state index contributed by atoms with van der Waals surface area (Å²) in [7, 11) is 0. The van der Waals surface area contributed by atoms with Gasteiger partial charge < -0.3 is 15.7 Å². The van der Waals surface area contributed by atoms with Crippen molar-refractivity contribution < 1.29 is 9.90 Å². The van der Waals surface area contributed by atoms with Gasteiger partial charge in [-0.15, -0.1) is 0 Å². The Morgan fingerprint density at radius 3 is 3.00 bits per heavy atom. The molecule has 1 aliphatic heterocycles. The van der Waals surface area contributed by atoms with E-state index in [4.69, 9.17) is 5.73 Å². The van der Waals surface area contributed by atoms with E-state index < -0.39 is 6.10 Å². The summed E-state index contributed by atoms with van der Waals surface area (Å²) in [5.41, 5.74) is 7.05. The highest BCUT2D eigenvalue weighted by atomic mass is 16.3. The minimum Gasteiger partial charge on any atom is -0.387 e. The number of primary amides is 1. The van der Waals surface area contributed by atoms with Gasteiger partial charge >= 0.3 is 0 Å². The van der Waals surface area contributed by atoms with Crippen molar-refractivity contribution in [2.45, 2.75) is 32.3 Å². The van der Waals surface area contributed by atoms with Gasteiger partial charge in [0.15, 0.2) is 0 Å². The van der Waals surface area contributed by atoms with Crippen LogP contribution in [-0.4, -0.2) is 29.1 Å². The lowest BCUT2D eigenvalue weighted by molar-refractivity contribution is -0.122. The summed E-state index contributed by atoms with van der Waals surface area (Å²) in [6.07, 6.45) is 3.74. The monoisotopic (exact) mass is 263 g/mol. The number of carbonyl (C=O) groups excluding carboxylic acids is 1. The van der Waals surface area contributed by atoms with Crippen molar-refractivity contribution in [2.24, 2.45) is 11.7 Å². The molecular formula is C14H21N3O2. The van der Waals surface area contributed by atoms with Crippen LogP contribution in [0.2, 0.25) is 0 Å². The number of aliphatic hydroxyl groups excluding tert-OH is 1. The normalized spacial score (nSPS) is 21.2. The number of anilines is 1. The third-order valence-corrected chi connectivity index (χ3v) is 3.69. The Morgan fingerprint density at radius 2 is 2.42 bits per heavy atom. The number of rotatable bonds is 4. The molecule has 2 unspecified atom stereocenters. The second-order valence-electron chi connectivity index (χ2n) is 5.05. The zero-order valence-corrected chi connectivity index (χ0v) is 11.2. The van der Waals surface area contributed by atoms with Crippen molar-refractivity contribution in [1.82, 2.24) is 4.98 Å².